The molecule has 3 nitrogen and oxygen atoms in total. The van der Waals surface area contributed by atoms with Crippen molar-refractivity contribution in [1.82, 2.24) is 0 Å². The first-order chi connectivity index (χ1) is 8.43. The van der Waals surface area contributed by atoms with Crippen LogP contribution in [0, 0.1) is 0 Å². The lowest BCUT2D eigenvalue weighted by Crippen LogP contribution is -2.26. The third-order valence-corrected chi connectivity index (χ3v) is 3.39. The number of hydrogen-bond acceptors (Lipinski definition) is 3. The Labute approximate surface area is 122 Å². The van der Waals surface area contributed by atoms with E-state index < -0.39 is 0 Å². The van der Waals surface area contributed by atoms with Gasteiger partial charge in [0.1, 0.15) is 4.99 Å². The number of halogens is 1. The van der Waals surface area contributed by atoms with E-state index in [1.165, 1.54) is 0 Å². The van der Waals surface area contributed by atoms with Gasteiger partial charge in [-0.1, -0.05) is 18.3 Å². The monoisotopic (exact) mass is 330 g/mol. The third kappa shape index (κ3) is 4.23. The second-order valence-corrected chi connectivity index (χ2v) is 5.63. The van der Waals surface area contributed by atoms with Crippen molar-refractivity contribution in [1.29, 1.82) is 0 Å². The number of ether oxygens (including phenoxy) is 1. The van der Waals surface area contributed by atoms with Gasteiger partial charge in [0.05, 0.1) is 12.7 Å². The zero-order valence-electron chi connectivity index (χ0n) is 10.9. The van der Waals surface area contributed by atoms with Crippen LogP contribution < -0.4 is 10.6 Å². The molecule has 5 heteroatoms. The molecule has 0 aromatic heterocycles. The van der Waals surface area contributed by atoms with Crippen molar-refractivity contribution in [2.75, 3.05) is 25.1 Å². The van der Waals surface area contributed by atoms with E-state index in [0.717, 1.165) is 22.3 Å². The van der Waals surface area contributed by atoms with Crippen LogP contribution in [-0.4, -0.2) is 31.3 Å². The van der Waals surface area contributed by atoms with Crippen molar-refractivity contribution in [3.63, 3.8) is 0 Å². The maximum absolute atomic E-state index is 5.77. The largest absolute Gasteiger partial charge is 0.389 e. The average Bonchev–Trinajstić information content (AvgIpc) is 2.27. The Bertz CT molecular complexity index is 423. The van der Waals surface area contributed by atoms with Gasteiger partial charge in [-0.2, -0.15) is 0 Å². The summed E-state index contributed by atoms with van der Waals surface area (Å²) in [6, 6.07) is 5.92. The highest BCUT2D eigenvalue weighted by molar-refractivity contribution is 9.10. The van der Waals surface area contributed by atoms with Gasteiger partial charge in [0, 0.05) is 29.3 Å². The Morgan fingerprint density at radius 3 is 2.72 bits per heavy atom. The van der Waals surface area contributed by atoms with Crippen LogP contribution in [0.3, 0.4) is 0 Å². The number of thiocarbonyl (C=S) groups is 1. The lowest BCUT2D eigenvalue weighted by atomic mass is 10.1. The van der Waals surface area contributed by atoms with Crippen molar-refractivity contribution < 1.29 is 4.74 Å². The van der Waals surface area contributed by atoms with Crippen LogP contribution in [0.25, 0.3) is 0 Å². The molecule has 18 heavy (non-hydrogen) atoms. The second kappa shape index (κ2) is 7.07. The van der Waals surface area contributed by atoms with Crippen molar-refractivity contribution in [3.05, 3.63) is 28.2 Å². The fourth-order valence-electron chi connectivity index (χ4n) is 1.62. The van der Waals surface area contributed by atoms with Gasteiger partial charge >= 0.3 is 0 Å². The van der Waals surface area contributed by atoms with E-state index in [0.29, 0.717) is 11.6 Å². The molecular formula is C13H19BrN2OS. The van der Waals surface area contributed by atoms with Gasteiger partial charge in [-0.15, -0.1) is 0 Å². The van der Waals surface area contributed by atoms with E-state index >= 15 is 0 Å². The summed E-state index contributed by atoms with van der Waals surface area (Å²) in [5.41, 5.74) is 7.67. The molecule has 0 aliphatic heterocycles. The number of nitrogens with two attached hydrogens (primary N) is 1. The van der Waals surface area contributed by atoms with Gasteiger partial charge < -0.3 is 15.4 Å². The normalized spacial score (nSPS) is 10.7. The lowest BCUT2D eigenvalue weighted by Gasteiger charge is -2.23. The molecular weight excluding hydrogens is 312 g/mol. The quantitative estimate of drug-likeness (QED) is 0.814. The minimum Gasteiger partial charge on any atom is -0.389 e. The molecule has 1 rings (SSSR count). The van der Waals surface area contributed by atoms with Gasteiger partial charge in [0.2, 0.25) is 0 Å². The van der Waals surface area contributed by atoms with Crippen LogP contribution in [0.5, 0.6) is 0 Å². The van der Waals surface area contributed by atoms with E-state index in [1.54, 1.807) is 0 Å². The summed E-state index contributed by atoms with van der Waals surface area (Å²) in [5.74, 6) is 0. The summed E-state index contributed by atoms with van der Waals surface area (Å²) < 4.78 is 6.47. The summed E-state index contributed by atoms with van der Waals surface area (Å²) in [4.78, 5) is 2.50. The van der Waals surface area contributed by atoms with Gasteiger partial charge in [-0.25, -0.2) is 0 Å². The molecule has 0 bridgehead atoms. The van der Waals surface area contributed by atoms with Crippen molar-refractivity contribution >= 4 is 38.8 Å². The first-order valence-corrected chi connectivity index (χ1v) is 7.04. The summed E-state index contributed by atoms with van der Waals surface area (Å²) in [7, 11) is 2.01. The maximum atomic E-state index is 5.77. The predicted octanol–water partition coefficient (Wildman–Crippen LogP) is 2.94. The molecule has 0 heterocycles. The molecule has 0 aliphatic rings. The van der Waals surface area contributed by atoms with Crippen LogP contribution >= 0.6 is 28.1 Å². The molecule has 0 unspecified atom stereocenters. The summed E-state index contributed by atoms with van der Waals surface area (Å²) in [6.45, 7) is 5.53. The standard InChI is InChI=1S/C13H19BrN2OS/c1-9(2)17-8-7-16(3)11-6-4-5-10(14)12(11)13(15)18/h4-6,9H,7-8H2,1-3H3,(H2,15,18). The predicted molar refractivity (Wildman–Crippen MR) is 84.4 cm³/mol. The van der Waals surface area contributed by atoms with Crippen LogP contribution in [0.1, 0.15) is 19.4 Å². The van der Waals surface area contributed by atoms with Crippen molar-refractivity contribution in [2.45, 2.75) is 20.0 Å². The second-order valence-electron chi connectivity index (χ2n) is 4.34. The van der Waals surface area contributed by atoms with Gasteiger partial charge in [0.15, 0.2) is 0 Å². The highest BCUT2D eigenvalue weighted by Crippen LogP contribution is 2.27. The SMILES string of the molecule is CC(C)OCCN(C)c1cccc(Br)c1C(N)=S. The first kappa shape index (κ1) is 15.4. The van der Waals surface area contributed by atoms with Crippen molar-refractivity contribution in [2.24, 2.45) is 5.73 Å². The first-order valence-electron chi connectivity index (χ1n) is 5.84. The smallest absolute Gasteiger partial charge is 0.107 e. The third-order valence-electron chi connectivity index (χ3n) is 2.53. The van der Waals surface area contributed by atoms with E-state index in [-0.39, 0.29) is 6.10 Å². The van der Waals surface area contributed by atoms with Crippen LogP contribution in [0.15, 0.2) is 22.7 Å². The Balaban J connectivity index is 2.82. The minimum atomic E-state index is 0.246. The molecule has 0 radical (unpaired) electrons. The molecule has 0 saturated carbocycles. The Hall–Kier alpha value is -0.650. The zero-order valence-corrected chi connectivity index (χ0v) is 13.3. The van der Waals surface area contributed by atoms with Gasteiger partial charge in [0.25, 0.3) is 0 Å². The molecule has 0 atom stereocenters. The maximum Gasteiger partial charge on any atom is 0.107 e. The Kier molecular flexibility index (Phi) is 6.05. The summed E-state index contributed by atoms with van der Waals surface area (Å²) in [5, 5.41) is 0. The topological polar surface area (TPSA) is 38.5 Å². The molecule has 100 valence electrons. The van der Waals surface area contributed by atoms with Crippen LogP contribution in [0.4, 0.5) is 5.69 Å². The minimum absolute atomic E-state index is 0.246. The van der Waals surface area contributed by atoms with E-state index in [1.807, 2.05) is 39.1 Å². The highest BCUT2D eigenvalue weighted by Gasteiger charge is 2.12. The van der Waals surface area contributed by atoms with Crippen LogP contribution in [0.2, 0.25) is 0 Å². The molecule has 0 aliphatic carbocycles. The Morgan fingerprint density at radius 2 is 2.17 bits per heavy atom. The van der Waals surface area contributed by atoms with Crippen LogP contribution in [-0.2, 0) is 4.74 Å². The summed E-state index contributed by atoms with van der Waals surface area (Å²) >= 11 is 8.58. The average molecular weight is 331 g/mol. The fourth-order valence-corrected chi connectivity index (χ4v) is 2.54. The molecule has 0 fully saturated rings. The molecule has 2 N–H and O–H groups in total. The fraction of sp³-hybridized carbons (Fsp3) is 0.462. The van der Waals surface area contributed by atoms with Gasteiger partial charge in [-0.3, -0.25) is 0 Å². The molecule has 1 aromatic rings. The number of hydrogen-bond donors (Lipinski definition) is 1. The highest BCUT2D eigenvalue weighted by atomic mass is 79.9. The molecule has 0 amide bonds. The van der Waals surface area contributed by atoms with Crippen molar-refractivity contribution in [3.8, 4) is 0 Å². The lowest BCUT2D eigenvalue weighted by molar-refractivity contribution is 0.0846. The Morgan fingerprint density at radius 1 is 1.50 bits per heavy atom. The number of anilines is 1. The van der Waals surface area contributed by atoms with Gasteiger partial charge in [-0.05, 0) is 41.9 Å². The molecule has 1 aromatic carbocycles. The number of benzene rings is 1. The van der Waals surface area contributed by atoms with E-state index in [4.69, 9.17) is 22.7 Å². The number of rotatable bonds is 6. The number of nitrogens with zero attached hydrogens (tertiary/aromatic N) is 1. The number of likely N-dealkylation sites (N-methyl/N-ethyl adjacent to an activating group) is 1. The van der Waals surface area contributed by atoms with E-state index in [9.17, 15) is 0 Å². The van der Waals surface area contributed by atoms with E-state index in [2.05, 4.69) is 20.8 Å². The molecule has 0 spiro atoms. The summed E-state index contributed by atoms with van der Waals surface area (Å²) in [6.07, 6.45) is 0.246. The molecule has 0 saturated heterocycles. The zero-order chi connectivity index (χ0) is 13.7.